The number of benzene rings is 1. The van der Waals surface area contributed by atoms with Gasteiger partial charge in [0, 0.05) is 5.56 Å². The average molecular weight is 288 g/mol. The van der Waals surface area contributed by atoms with E-state index in [0.717, 1.165) is 24.3 Å². The lowest BCUT2D eigenvalue weighted by atomic mass is 10.1. The third kappa shape index (κ3) is 2.67. The van der Waals surface area contributed by atoms with Crippen LogP contribution in [-0.2, 0) is 20.2 Å². The van der Waals surface area contributed by atoms with Gasteiger partial charge in [0.25, 0.3) is 0 Å². The predicted octanol–water partition coefficient (Wildman–Crippen LogP) is 0.781. The number of hydrogen-bond acceptors (Lipinski definition) is 6. The van der Waals surface area contributed by atoms with Gasteiger partial charge >= 0.3 is 0 Å². The molecule has 0 spiro atoms. The minimum absolute atomic E-state index is 0.0905. The monoisotopic (exact) mass is 288 g/mol. The van der Waals surface area contributed by atoms with Crippen LogP contribution in [0.25, 0.3) is 12.2 Å². The van der Waals surface area contributed by atoms with Crippen molar-refractivity contribution in [2.24, 2.45) is 0 Å². The largest absolute Gasteiger partial charge is 0.744 e. The van der Waals surface area contributed by atoms with Crippen LogP contribution in [0.5, 0.6) is 0 Å². The van der Waals surface area contributed by atoms with E-state index in [2.05, 4.69) is 13.2 Å². The predicted molar refractivity (Wildman–Crippen MR) is 62.6 cm³/mol. The van der Waals surface area contributed by atoms with Crippen molar-refractivity contribution >= 4 is 32.4 Å². The molecule has 6 nitrogen and oxygen atoms in total. The molecular weight excluding hydrogens is 280 g/mol. The van der Waals surface area contributed by atoms with Gasteiger partial charge in [0.1, 0.15) is 20.2 Å². The van der Waals surface area contributed by atoms with E-state index in [9.17, 15) is 25.9 Å². The molecule has 0 bridgehead atoms. The Morgan fingerprint density at radius 2 is 1.50 bits per heavy atom. The molecule has 0 aliphatic rings. The molecule has 1 aromatic rings. The summed E-state index contributed by atoms with van der Waals surface area (Å²) in [6, 6.07) is 1.93. The molecule has 1 aromatic carbocycles. The maximum atomic E-state index is 11.1. The zero-order valence-electron chi connectivity index (χ0n) is 8.99. The van der Waals surface area contributed by atoms with Crippen molar-refractivity contribution in [2.75, 3.05) is 0 Å². The van der Waals surface area contributed by atoms with Crippen LogP contribution < -0.4 is 0 Å². The third-order valence-electron chi connectivity index (χ3n) is 2.13. The molecule has 0 aliphatic heterocycles. The molecule has 0 unspecified atom stereocenters. The number of rotatable bonds is 4. The molecule has 0 aromatic heterocycles. The summed E-state index contributed by atoms with van der Waals surface area (Å²) in [4.78, 5) is -1.62. The smallest absolute Gasteiger partial charge is 0.125 e. The standard InChI is InChI=1S/C10H10O6S2/c1-3-7-5-6-9(17(11,12)13)8(4-2)10(7)18(14,15)16/h3-6H,1-2H2,(H,11,12,13)(H,14,15,16)/p-2. The van der Waals surface area contributed by atoms with Crippen LogP contribution in [0.3, 0.4) is 0 Å². The molecule has 1 rings (SSSR count). The normalized spacial score (nSPS) is 12.1. The van der Waals surface area contributed by atoms with Crippen molar-refractivity contribution in [1.29, 1.82) is 0 Å². The highest BCUT2D eigenvalue weighted by Gasteiger charge is 2.18. The molecule has 0 atom stereocenters. The molecule has 0 fully saturated rings. The maximum absolute atomic E-state index is 11.1. The molecule has 0 heterocycles. The quantitative estimate of drug-likeness (QED) is 0.756. The van der Waals surface area contributed by atoms with Crippen LogP contribution >= 0.6 is 0 Å². The summed E-state index contributed by atoms with van der Waals surface area (Å²) < 4.78 is 66.3. The van der Waals surface area contributed by atoms with Gasteiger partial charge < -0.3 is 9.11 Å². The van der Waals surface area contributed by atoms with Gasteiger partial charge in [-0.05, 0) is 11.6 Å². The van der Waals surface area contributed by atoms with Crippen LogP contribution in [0, 0.1) is 0 Å². The first-order chi connectivity index (χ1) is 8.12. The van der Waals surface area contributed by atoms with Gasteiger partial charge in [-0.1, -0.05) is 31.4 Å². The summed E-state index contributed by atoms with van der Waals surface area (Å²) in [6.45, 7) is 6.52. The first-order valence-electron chi connectivity index (χ1n) is 4.46. The molecule has 18 heavy (non-hydrogen) atoms. The summed E-state index contributed by atoms with van der Waals surface area (Å²) in [5.74, 6) is 0. The molecule has 0 amide bonds. The van der Waals surface area contributed by atoms with Gasteiger partial charge in [-0.2, -0.15) is 0 Å². The maximum Gasteiger partial charge on any atom is 0.125 e. The summed E-state index contributed by atoms with van der Waals surface area (Å²) in [5.41, 5.74) is -0.621. The van der Waals surface area contributed by atoms with Gasteiger partial charge in [-0.3, -0.25) is 0 Å². The molecule has 0 N–H and O–H groups in total. The summed E-state index contributed by atoms with van der Waals surface area (Å²) in [5, 5.41) is 0. The van der Waals surface area contributed by atoms with Crippen LogP contribution in [0.15, 0.2) is 35.1 Å². The Balaban J connectivity index is 3.99. The molecule has 0 saturated carbocycles. The highest BCUT2D eigenvalue weighted by Crippen LogP contribution is 2.28. The highest BCUT2D eigenvalue weighted by molar-refractivity contribution is 7.86. The van der Waals surface area contributed by atoms with Crippen molar-refractivity contribution in [2.45, 2.75) is 9.79 Å². The second-order valence-electron chi connectivity index (χ2n) is 3.21. The molecule has 8 heteroatoms. The van der Waals surface area contributed by atoms with Crippen LogP contribution in [0.2, 0.25) is 0 Å². The van der Waals surface area contributed by atoms with Crippen molar-refractivity contribution in [3.05, 3.63) is 36.4 Å². The van der Waals surface area contributed by atoms with Gasteiger partial charge in [0.2, 0.25) is 0 Å². The number of hydrogen-bond donors (Lipinski definition) is 0. The molecule has 98 valence electrons. The van der Waals surface area contributed by atoms with Gasteiger partial charge in [0.15, 0.2) is 0 Å². The Kier molecular flexibility index (Phi) is 3.77. The Morgan fingerprint density at radius 1 is 0.944 bits per heavy atom. The molecule has 0 saturated heterocycles. The molecule has 0 aliphatic carbocycles. The van der Waals surface area contributed by atoms with E-state index >= 15 is 0 Å². The van der Waals surface area contributed by atoms with E-state index in [0.29, 0.717) is 0 Å². The Bertz CT molecular complexity index is 713. The molecule has 0 radical (unpaired) electrons. The lowest BCUT2D eigenvalue weighted by Gasteiger charge is -2.18. The fourth-order valence-electron chi connectivity index (χ4n) is 1.45. The zero-order chi connectivity index (χ0) is 14.1. The SMILES string of the molecule is C=Cc1ccc(S(=O)(=O)[O-])c(C=C)c1S(=O)(=O)[O-]. The first-order valence-corrected chi connectivity index (χ1v) is 7.28. The fraction of sp³-hybridized carbons (Fsp3) is 0. The second-order valence-corrected chi connectivity index (χ2v) is 5.88. The third-order valence-corrected chi connectivity index (χ3v) is 3.98. The van der Waals surface area contributed by atoms with E-state index in [1.165, 1.54) is 0 Å². The first kappa shape index (κ1) is 14.6. The van der Waals surface area contributed by atoms with Gasteiger partial charge in [-0.25, -0.2) is 16.8 Å². The minimum atomic E-state index is -4.97. The van der Waals surface area contributed by atoms with Crippen LogP contribution in [-0.4, -0.2) is 25.9 Å². The fourth-order valence-corrected chi connectivity index (χ4v) is 3.11. The zero-order valence-corrected chi connectivity index (χ0v) is 10.6. The Labute approximate surface area is 105 Å². The van der Waals surface area contributed by atoms with Crippen LogP contribution in [0.4, 0.5) is 0 Å². The summed E-state index contributed by atoms with van der Waals surface area (Å²) in [7, 11) is -9.88. The van der Waals surface area contributed by atoms with Crippen molar-refractivity contribution in [3.8, 4) is 0 Å². The van der Waals surface area contributed by atoms with Gasteiger partial charge in [-0.15, -0.1) is 0 Å². The van der Waals surface area contributed by atoms with Crippen molar-refractivity contribution in [1.82, 2.24) is 0 Å². The second kappa shape index (κ2) is 4.65. The van der Waals surface area contributed by atoms with E-state index in [1.807, 2.05) is 0 Å². The topological polar surface area (TPSA) is 114 Å². The minimum Gasteiger partial charge on any atom is -0.744 e. The lowest BCUT2D eigenvalue weighted by Crippen LogP contribution is -2.09. The average Bonchev–Trinajstić information content (AvgIpc) is 2.24. The van der Waals surface area contributed by atoms with Crippen molar-refractivity contribution in [3.63, 3.8) is 0 Å². The van der Waals surface area contributed by atoms with Crippen LogP contribution in [0.1, 0.15) is 11.1 Å². The summed E-state index contributed by atoms with van der Waals surface area (Å²) >= 11 is 0. The van der Waals surface area contributed by atoms with Gasteiger partial charge in [0.05, 0.1) is 9.79 Å². The van der Waals surface area contributed by atoms with Crippen molar-refractivity contribution < 1.29 is 25.9 Å². The van der Waals surface area contributed by atoms with E-state index in [4.69, 9.17) is 0 Å². The van der Waals surface area contributed by atoms with E-state index in [-0.39, 0.29) is 5.56 Å². The lowest BCUT2D eigenvalue weighted by molar-refractivity contribution is 0.460. The summed E-state index contributed by atoms with van der Waals surface area (Å²) in [6.07, 6.45) is 1.90. The van der Waals surface area contributed by atoms with E-state index < -0.39 is 35.6 Å². The Hall–Kier alpha value is -1.48. The highest BCUT2D eigenvalue weighted by atomic mass is 32.2. The van der Waals surface area contributed by atoms with E-state index in [1.54, 1.807) is 0 Å². The Morgan fingerprint density at radius 3 is 1.83 bits per heavy atom. The molecular formula is C10H8O6S2-2.